The summed E-state index contributed by atoms with van der Waals surface area (Å²) in [5.74, 6) is -1.07. The van der Waals surface area contributed by atoms with Crippen molar-refractivity contribution in [2.75, 3.05) is 7.11 Å². The Morgan fingerprint density at radius 2 is 2.25 bits per heavy atom. The maximum atomic E-state index is 13.3. The quantitative estimate of drug-likeness (QED) is 0.567. The number of para-hydroxylation sites is 1. The minimum atomic E-state index is -0.594. The van der Waals surface area contributed by atoms with E-state index in [1.54, 1.807) is 6.07 Å². The van der Waals surface area contributed by atoms with Crippen LogP contribution in [0.15, 0.2) is 24.3 Å². The van der Waals surface area contributed by atoms with Crippen LogP contribution in [0.1, 0.15) is 10.4 Å². The standard InChI is InChI=1S/C11H7ClFNO2/c1-16-11(15)7-5-6-3-2-4-8(13)9(6)14-10(7)12/h2-5H,1H3. The zero-order chi connectivity index (χ0) is 11.7. The molecule has 0 spiro atoms. The van der Waals surface area contributed by atoms with Crippen molar-refractivity contribution in [3.05, 3.63) is 40.8 Å². The third kappa shape index (κ3) is 1.72. The van der Waals surface area contributed by atoms with Crippen molar-refractivity contribution in [1.82, 2.24) is 4.98 Å². The van der Waals surface area contributed by atoms with Gasteiger partial charge in [-0.25, -0.2) is 14.2 Å². The normalized spacial score (nSPS) is 10.4. The molecule has 0 N–H and O–H groups in total. The number of hydrogen-bond acceptors (Lipinski definition) is 3. The van der Waals surface area contributed by atoms with Crippen LogP contribution in [0.2, 0.25) is 5.15 Å². The molecule has 0 amide bonds. The average molecular weight is 240 g/mol. The molecule has 0 aliphatic rings. The van der Waals surface area contributed by atoms with Gasteiger partial charge < -0.3 is 4.74 Å². The van der Waals surface area contributed by atoms with Crippen LogP contribution in [0, 0.1) is 5.82 Å². The summed E-state index contributed by atoms with van der Waals surface area (Å²) in [5.41, 5.74) is 0.266. The summed E-state index contributed by atoms with van der Waals surface area (Å²) in [6.07, 6.45) is 0. The van der Waals surface area contributed by atoms with E-state index in [0.717, 1.165) is 0 Å². The lowest BCUT2D eigenvalue weighted by molar-refractivity contribution is 0.0600. The van der Waals surface area contributed by atoms with Gasteiger partial charge in [0.05, 0.1) is 12.7 Å². The Morgan fingerprint density at radius 1 is 1.50 bits per heavy atom. The van der Waals surface area contributed by atoms with Crippen molar-refractivity contribution < 1.29 is 13.9 Å². The first-order valence-corrected chi connectivity index (χ1v) is 4.84. The molecule has 16 heavy (non-hydrogen) atoms. The molecule has 0 aliphatic carbocycles. The van der Waals surface area contributed by atoms with Crippen molar-refractivity contribution in [3.8, 4) is 0 Å². The van der Waals surface area contributed by atoms with Crippen LogP contribution in [0.5, 0.6) is 0 Å². The zero-order valence-corrected chi connectivity index (χ0v) is 9.08. The van der Waals surface area contributed by atoms with Gasteiger partial charge >= 0.3 is 5.97 Å². The number of ether oxygens (including phenoxy) is 1. The fourth-order valence-electron chi connectivity index (χ4n) is 1.39. The number of carbonyl (C=O) groups excluding carboxylic acids is 1. The first kappa shape index (κ1) is 10.8. The average Bonchev–Trinajstić information content (AvgIpc) is 2.29. The molecule has 2 rings (SSSR count). The van der Waals surface area contributed by atoms with Crippen LogP contribution < -0.4 is 0 Å². The fourth-order valence-corrected chi connectivity index (χ4v) is 1.61. The minimum absolute atomic E-state index is 0.0653. The van der Waals surface area contributed by atoms with E-state index in [1.165, 1.54) is 25.3 Å². The Balaban J connectivity index is 2.72. The molecule has 0 unspecified atom stereocenters. The summed E-state index contributed by atoms with van der Waals surface area (Å²) < 4.78 is 17.9. The number of esters is 1. The number of aromatic nitrogens is 1. The topological polar surface area (TPSA) is 39.2 Å². The number of halogens is 2. The Kier molecular flexibility index (Phi) is 2.75. The van der Waals surface area contributed by atoms with Gasteiger partial charge in [0.2, 0.25) is 0 Å². The third-order valence-electron chi connectivity index (χ3n) is 2.16. The monoisotopic (exact) mass is 239 g/mol. The summed E-state index contributed by atoms with van der Waals surface area (Å²) >= 11 is 5.77. The van der Waals surface area contributed by atoms with Gasteiger partial charge in [-0.1, -0.05) is 23.7 Å². The molecule has 1 aromatic carbocycles. The van der Waals surface area contributed by atoms with Gasteiger partial charge in [-0.05, 0) is 12.1 Å². The molecule has 3 nitrogen and oxygen atoms in total. The summed E-state index contributed by atoms with van der Waals surface area (Å²) in [6.45, 7) is 0. The van der Waals surface area contributed by atoms with Crippen molar-refractivity contribution in [2.45, 2.75) is 0 Å². The molecule has 82 valence electrons. The highest BCUT2D eigenvalue weighted by atomic mass is 35.5. The molecular formula is C11H7ClFNO2. The first-order valence-electron chi connectivity index (χ1n) is 4.46. The summed E-state index contributed by atoms with van der Waals surface area (Å²) in [4.78, 5) is 15.2. The maximum absolute atomic E-state index is 13.3. The van der Waals surface area contributed by atoms with Crippen LogP contribution in [-0.4, -0.2) is 18.1 Å². The van der Waals surface area contributed by atoms with Gasteiger partial charge in [0.1, 0.15) is 16.5 Å². The maximum Gasteiger partial charge on any atom is 0.341 e. The summed E-state index contributed by atoms with van der Waals surface area (Å²) in [7, 11) is 1.24. The van der Waals surface area contributed by atoms with E-state index in [-0.39, 0.29) is 16.2 Å². The second kappa shape index (κ2) is 4.06. The number of rotatable bonds is 1. The fraction of sp³-hybridized carbons (Fsp3) is 0.0909. The first-order chi connectivity index (χ1) is 7.63. The van der Waals surface area contributed by atoms with E-state index in [9.17, 15) is 9.18 Å². The highest BCUT2D eigenvalue weighted by Gasteiger charge is 2.14. The second-order valence-electron chi connectivity index (χ2n) is 3.13. The highest BCUT2D eigenvalue weighted by molar-refractivity contribution is 6.32. The number of benzene rings is 1. The van der Waals surface area contributed by atoms with Gasteiger partial charge in [0, 0.05) is 5.39 Å². The van der Waals surface area contributed by atoms with Gasteiger partial charge in [-0.3, -0.25) is 0 Å². The summed E-state index contributed by atoms with van der Waals surface area (Å²) in [5, 5.41) is 0.439. The predicted molar refractivity (Wildman–Crippen MR) is 58.1 cm³/mol. The minimum Gasteiger partial charge on any atom is -0.465 e. The van der Waals surface area contributed by atoms with E-state index in [4.69, 9.17) is 11.6 Å². The molecule has 1 aromatic heterocycles. The number of methoxy groups -OCH3 is 1. The van der Waals surface area contributed by atoms with E-state index >= 15 is 0 Å². The SMILES string of the molecule is COC(=O)c1cc2cccc(F)c2nc1Cl. The number of fused-ring (bicyclic) bond motifs is 1. The molecule has 0 saturated heterocycles. The molecular weight excluding hydrogens is 233 g/mol. The van der Waals surface area contributed by atoms with Gasteiger partial charge in [0.15, 0.2) is 0 Å². The Bertz CT molecular complexity index is 571. The van der Waals surface area contributed by atoms with Crippen molar-refractivity contribution in [2.24, 2.45) is 0 Å². The molecule has 0 atom stereocenters. The van der Waals surface area contributed by atoms with E-state index in [0.29, 0.717) is 5.39 Å². The zero-order valence-electron chi connectivity index (χ0n) is 8.33. The van der Waals surface area contributed by atoms with E-state index < -0.39 is 11.8 Å². The molecule has 0 saturated carbocycles. The van der Waals surface area contributed by atoms with Gasteiger partial charge in [0.25, 0.3) is 0 Å². The molecule has 0 aliphatic heterocycles. The van der Waals surface area contributed by atoms with Crippen LogP contribution in [-0.2, 0) is 4.74 Å². The largest absolute Gasteiger partial charge is 0.465 e. The predicted octanol–water partition coefficient (Wildman–Crippen LogP) is 2.81. The highest BCUT2D eigenvalue weighted by Crippen LogP contribution is 2.22. The van der Waals surface area contributed by atoms with Gasteiger partial charge in [-0.15, -0.1) is 0 Å². The lowest BCUT2D eigenvalue weighted by atomic mass is 10.1. The molecule has 0 fully saturated rings. The molecule has 0 radical (unpaired) electrons. The van der Waals surface area contributed by atoms with E-state index in [2.05, 4.69) is 9.72 Å². The number of carbonyl (C=O) groups is 1. The Hall–Kier alpha value is -1.68. The Labute approximate surface area is 95.8 Å². The van der Waals surface area contributed by atoms with Crippen molar-refractivity contribution >= 4 is 28.5 Å². The number of pyridine rings is 1. The lowest BCUT2D eigenvalue weighted by Crippen LogP contribution is -2.03. The molecule has 1 heterocycles. The third-order valence-corrected chi connectivity index (χ3v) is 2.44. The van der Waals surface area contributed by atoms with Crippen LogP contribution in [0.25, 0.3) is 10.9 Å². The smallest absolute Gasteiger partial charge is 0.341 e. The number of nitrogens with zero attached hydrogens (tertiary/aromatic N) is 1. The molecule has 2 aromatic rings. The molecule has 5 heteroatoms. The molecule has 0 bridgehead atoms. The van der Waals surface area contributed by atoms with Crippen LogP contribution in [0.4, 0.5) is 4.39 Å². The van der Waals surface area contributed by atoms with Gasteiger partial charge in [-0.2, -0.15) is 0 Å². The van der Waals surface area contributed by atoms with E-state index in [1.807, 2.05) is 0 Å². The van der Waals surface area contributed by atoms with Crippen LogP contribution >= 0.6 is 11.6 Å². The lowest BCUT2D eigenvalue weighted by Gasteiger charge is -2.04. The summed E-state index contributed by atoms with van der Waals surface area (Å²) in [6, 6.07) is 5.92. The Morgan fingerprint density at radius 3 is 2.94 bits per heavy atom. The van der Waals surface area contributed by atoms with Crippen molar-refractivity contribution in [1.29, 1.82) is 0 Å². The van der Waals surface area contributed by atoms with Crippen molar-refractivity contribution in [3.63, 3.8) is 0 Å². The van der Waals surface area contributed by atoms with Crippen LogP contribution in [0.3, 0.4) is 0 Å². The second-order valence-corrected chi connectivity index (χ2v) is 3.49. The number of hydrogen-bond donors (Lipinski definition) is 0.